The first-order valence-corrected chi connectivity index (χ1v) is 7.95. The normalized spacial score (nSPS) is 11.8. The minimum atomic E-state index is -3.78. The second-order valence-corrected chi connectivity index (χ2v) is 6.96. The molecule has 0 aliphatic carbocycles. The fourth-order valence-electron chi connectivity index (χ4n) is 1.90. The SMILES string of the molecule is Cc1cc(C)c(C)c(S(=O)(=O)NNC(=O)C(C)C)c1C. The molecule has 0 aliphatic rings. The first-order chi connectivity index (χ1) is 9.08. The number of aryl methyl sites for hydroxylation is 2. The van der Waals surface area contributed by atoms with Gasteiger partial charge in [-0.2, -0.15) is 0 Å². The summed E-state index contributed by atoms with van der Waals surface area (Å²) < 4.78 is 24.8. The van der Waals surface area contributed by atoms with Crippen molar-refractivity contribution in [3.63, 3.8) is 0 Å². The third-order valence-electron chi connectivity index (χ3n) is 3.40. The Hall–Kier alpha value is -1.40. The van der Waals surface area contributed by atoms with E-state index in [4.69, 9.17) is 0 Å². The van der Waals surface area contributed by atoms with Crippen LogP contribution in [0.2, 0.25) is 0 Å². The summed E-state index contributed by atoms with van der Waals surface area (Å²) in [5.74, 6) is -0.660. The van der Waals surface area contributed by atoms with Crippen LogP contribution in [0.15, 0.2) is 11.0 Å². The fraction of sp³-hybridized carbons (Fsp3) is 0.500. The summed E-state index contributed by atoms with van der Waals surface area (Å²) in [5, 5.41) is 0. The van der Waals surface area contributed by atoms with Crippen molar-refractivity contribution in [3.8, 4) is 0 Å². The molecule has 0 spiro atoms. The van der Waals surface area contributed by atoms with Crippen LogP contribution in [0.4, 0.5) is 0 Å². The molecule has 20 heavy (non-hydrogen) atoms. The molecule has 6 heteroatoms. The Bertz CT molecular complexity index is 608. The molecule has 0 fully saturated rings. The number of nitrogens with one attached hydrogen (secondary N) is 2. The Morgan fingerprint density at radius 3 is 1.90 bits per heavy atom. The second-order valence-electron chi connectivity index (χ2n) is 5.34. The van der Waals surface area contributed by atoms with Gasteiger partial charge in [-0.1, -0.05) is 19.9 Å². The molecule has 1 amide bonds. The van der Waals surface area contributed by atoms with E-state index in [9.17, 15) is 13.2 Å². The minimum Gasteiger partial charge on any atom is -0.277 e. The Morgan fingerprint density at radius 2 is 1.50 bits per heavy atom. The van der Waals surface area contributed by atoms with Crippen LogP contribution in [0.3, 0.4) is 0 Å². The highest BCUT2D eigenvalue weighted by atomic mass is 32.2. The average Bonchev–Trinajstić information content (AvgIpc) is 2.33. The summed E-state index contributed by atoms with van der Waals surface area (Å²) in [6.07, 6.45) is 0. The van der Waals surface area contributed by atoms with E-state index in [2.05, 4.69) is 10.3 Å². The standard InChI is InChI=1S/C14H22N2O3S/c1-8(2)14(17)15-16-20(18,19)13-11(5)9(3)7-10(4)12(13)6/h7-8,16H,1-6H3,(H,15,17). The molecular weight excluding hydrogens is 276 g/mol. The lowest BCUT2D eigenvalue weighted by Crippen LogP contribution is -2.43. The molecule has 0 saturated heterocycles. The van der Waals surface area contributed by atoms with Gasteiger partial charge in [-0.05, 0) is 49.9 Å². The molecule has 0 saturated carbocycles. The monoisotopic (exact) mass is 298 g/mol. The number of amides is 1. The van der Waals surface area contributed by atoms with Gasteiger partial charge < -0.3 is 0 Å². The molecule has 0 radical (unpaired) electrons. The highest BCUT2D eigenvalue weighted by Gasteiger charge is 2.22. The molecule has 5 nitrogen and oxygen atoms in total. The van der Waals surface area contributed by atoms with E-state index in [0.717, 1.165) is 11.1 Å². The summed E-state index contributed by atoms with van der Waals surface area (Å²) in [6, 6.07) is 1.95. The Morgan fingerprint density at radius 1 is 1.05 bits per heavy atom. The topological polar surface area (TPSA) is 75.3 Å². The summed E-state index contributed by atoms with van der Waals surface area (Å²) in [4.78, 5) is 13.9. The molecule has 1 aromatic carbocycles. The molecule has 1 aromatic rings. The van der Waals surface area contributed by atoms with Crippen molar-refractivity contribution < 1.29 is 13.2 Å². The van der Waals surface area contributed by atoms with Gasteiger partial charge in [0, 0.05) is 5.92 Å². The maximum absolute atomic E-state index is 12.4. The van der Waals surface area contributed by atoms with Gasteiger partial charge >= 0.3 is 0 Å². The van der Waals surface area contributed by atoms with Crippen LogP contribution in [-0.4, -0.2) is 14.3 Å². The highest BCUT2D eigenvalue weighted by Crippen LogP contribution is 2.25. The van der Waals surface area contributed by atoms with Crippen LogP contribution in [-0.2, 0) is 14.8 Å². The molecule has 2 N–H and O–H groups in total. The van der Waals surface area contributed by atoms with E-state index in [1.165, 1.54) is 0 Å². The van der Waals surface area contributed by atoms with Crippen molar-refractivity contribution >= 4 is 15.9 Å². The van der Waals surface area contributed by atoms with Crippen molar-refractivity contribution in [2.24, 2.45) is 5.92 Å². The van der Waals surface area contributed by atoms with Gasteiger partial charge in [-0.3, -0.25) is 10.2 Å². The predicted octanol–water partition coefficient (Wildman–Crippen LogP) is 1.89. The zero-order chi connectivity index (χ0) is 15.7. The van der Waals surface area contributed by atoms with Gasteiger partial charge in [0.2, 0.25) is 5.91 Å². The van der Waals surface area contributed by atoms with Gasteiger partial charge in [0.05, 0.1) is 4.90 Å². The lowest BCUT2D eigenvalue weighted by Gasteiger charge is -2.17. The fourth-order valence-corrected chi connectivity index (χ4v) is 3.36. The smallest absolute Gasteiger partial charge is 0.257 e. The van der Waals surface area contributed by atoms with E-state index >= 15 is 0 Å². The van der Waals surface area contributed by atoms with Crippen LogP contribution < -0.4 is 10.3 Å². The Balaban J connectivity index is 3.20. The molecule has 0 aromatic heterocycles. The molecule has 0 atom stereocenters. The molecule has 112 valence electrons. The van der Waals surface area contributed by atoms with Gasteiger partial charge in [0.15, 0.2) is 0 Å². The number of carbonyl (C=O) groups excluding carboxylic acids is 1. The van der Waals surface area contributed by atoms with Crippen LogP contribution in [0.5, 0.6) is 0 Å². The molecule has 1 rings (SSSR count). The third-order valence-corrected chi connectivity index (χ3v) is 4.92. The van der Waals surface area contributed by atoms with Crippen LogP contribution in [0, 0.1) is 33.6 Å². The first-order valence-electron chi connectivity index (χ1n) is 6.47. The molecule has 0 heterocycles. The Kier molecular flexibility index (Phi) is 4.94. The number of sulfonamides is 1. The summed E-state index contributed by atoms with van der Waals surface area (Å²) in [5.41, 5.74) is 5.44. The van der Waals surface area contributed by atoms with Crippen molar-refractivity contribution in [1.82, 2.24) is 10.3 Å². The van der Waals surface area contributed by atoms with Crippen LogP contribution >= 0.6 is 0 Å². The third kappa shape index (κ3) is 3.37. The highest BCUT2D eigenvalue weighted by molar-refractivity contribution is 7.89. The first kappa shape index (κ1) is 16.7. The van der Waals surface area contributed by atoms with E-state index < -0.39 is 10.0 Å². The summed E-state index contributed by atoms with van der Waals surface area (Å²) >= 11 is 0. The largest absolute Gasteiger partial charge is 0.277 e. The van der Waals surface area contributed by atoms with E-state index in [1.54, 1.807) is 27.7 Å². The second kappa shape index (κ2) is 5.93. The zero-order valence-corrected chi connectivity index (χ0v) is 13.6. The maximum Gasteiger partial charge on any atom is 0.257 e. The van der Waals surface area contributed by atoms with Crippen molar-refractivity contribution in [2.45, 2.75) is 46.4 Å². The average molecular weight is 298 g/mol. The number of hydrazine groups is 1. The van der Waals surface area contributed by atoms with Gasteiger partial charge in [0.1, 0.15) is 0 Å². The minimum absolute atomic E-state index is 0.235. The van der Waals surface area contributed by atoms with Crippen molar-refractivity contribution in [1.29, 1.82) is 0 Å². The number of hydrogen-bond acceptors (Lipinski definition) is 3. The van der Waals surface area contributed by atoms with Gasteiger partial charge in [-0.15, -0.1) is 4.83 Å². The van der Waals surface area contributed by atoms with Crippen LogP contribution in [0.25, 0.3) is 0 Å². The molecular formula is C14H22N2O3S. The quantitative estimate of drug-likeness (QED) is 0.833. The molecule has 0 unspecified atom stereocenters. The maximum atomic E-state index is 12.4. The zero-order valence-electron chi connectivity index (χ0n) is 12.8. The van der Waals surface area contributed by atoms with Gasteiger partial charge in [0.25, 0.3) is 10.0 Å². The van der Waals surface area contributed by atoms with E-state index in [1.807, 2.05) is 19.9 Å². The number of carbonyl (C=O) groups is 1. The lowest BCUT2D eigenvalue weighted by molar-refractivity contribution is -0.124. The van der Waals surface area contributed by atoms with E-state index in [0.29, 0.717) is 11.1 Å². The molecule has 0 aliphatic heterocycles. The van der Waals surface area contributed by atoms with Crippen LogP contribution in [0.1, 0.15) is 36.1 Å². The number of hydrogen-bond donors (Lipinski definition) is 2. The van der Waals surface area contributed by atoms with E-state index in [-0.39, 0.29) is 16.7 Å². The molecule has 0 bridgehead atoms. The van der Waals surface area contributed by atoms with Crippen molar-refractivity contribution in [2.75, 3.05) is 0 Å². The number of benzene rings is 1. The van der Waals surface area contributed by atoms with Gasteiger partial charge in [-0.25, -0.2) is 8.42 Å². The summed E-state index contributed by atoms with van der Waals surface area (Å²) in [7, 11) is -3.78. The predicted molar refractivity (Wildman–Crippen MR) is 78.7 cm³/mol. The lowest BCUT2D eigenvalue weighted by atomic mass is 10.0. The van der Waals surface area contributed by atoms with Crippen molar-refractivity contribution in [3.05, 3.63) is 28.3 Å². The number of rotatable bonds is 4. The summed E-state index contributed by atoms with van der Waals surface area (Å²) in [6.45, 7) is 10.6. The Labute approximate surface area is 120 Å².